The second-order valence-electron chi connectivity index (χ2n) is 3.22. The van der Waals surface area contributed by atoms with Gasteiger partial charge in [-0.2, -0.15) is 0 Å². The fourth-order valence-corrected chi connectivity index (χ4v) is 1.59. The quantitative estimate of drug-likeness (QED) is 0.701. The van der Waals surface area contributed by atoms with Gasteiger partial charge in [0.1, 0.15) is 18.2 Å². The van der Waals surface area contributed by atoms with E-state index in [0.29, 0.717) is 24.5 Å². The summed E-state index contributed by atoms with van der Waals surface area (Å²) in [6, 6.07) is 4.12. The highest BCUT2D eigenvalue weighted by molar-refractivity contribution is 5.37. The van der Waals surface area contributed by atoms with E-state index in [9.17, 15) is 4.39 Å². The number of hydrogen-bond donors (Lipinski definition) is 2. The van der Waals surface area contributed by atoms with Crippen LogP contribution in [0.3, 0.4) is 0 Å². The van der Waals surface area contributed by atoms with Crippen molar-refractivity contribution in [3.8, 4) is 5.75 Å². The molecule has 0 radical (unpaired) electrons. The minimum absolute atomic E-state index is 0.0557. The van der Waals surface area contributed by atoms with Gasteiger partial charge in [0.15, 0.2) is 0 Å². The van der Waals surface area contributed by atoms with Crippen LogP contribution < -0.4 is 10.1 Å². The first-order valence-electron chi connectivity index (χ1n) is 4.58. The summed E-state index contributed by atoms with van der Waals surface area (Å²) in [6.45, 7) is 1.14. The van der Waals surface area contributed by atoms with Crippen molar-refractivity contribution in [1.82, 2.24) is 5.32 Å². The average Bonchev–Trinajstić information content (AvgIpc) is 2.39. The molecule has 14 heavy (non-hydrogen) atoms. The predicted molar refractivity (Wildman–Crippen MR) is 49.7 cm³/mol. The molecule has 0 spiro atoms. The topological polar surface area (TPSA) is 41.5 Å². The summed E-state index contributed by atoms with van der Waals surface area (Å²) in [5.74, 6) is 0.338. The van der Waals surface area contributed by atoms with Crippen molar-refractivity contribution in [3.63, 3.8) is 0 Å². The molecule has 1 heterocycles. The Morgan fingerprint density at radius 2 is 2.43 bits per heavy atom. The standard InChI is InChI=1S/C10H12FNO2/c11-7-1-2-10-8(5-7)9(6-13)12-3-4-14-10/h1-2,5,9,12-13H,3-4,6H2. The number of hydrogen-bond acceptors (Lipinski definition) is 3. The van der Waals surface area contributed by atoms with Crippen LogP contribution in [0.4, 0.5) is 4.39 Å². The van der Waals surface area contributed by atoms with Gasteiger partial charge in [-0.15, -0.1) is 0 Å². The molecule has 0 saturated carbocycles. The van der Waals surface area contributed by atoms with E-state index in [2.05, 4.69) is 5.32 Å². The van der Waals surface area contributed by atoms with E-state index in [1.807, 2.05) is 0 Å². The third-order valence-corrected chi connectivity index (χ3v) is 2.28. The van der Waals surface area contributed by atoms with Crippen molar-refractivity contribution in [3.05, 3.63) is 29.6 Å². The summed E-state index contributed by atoms with van der Waals surface area (Å²) in [7, 11) is 0. The van der Waals surface area contributed by atoms with Crippen LogP contribution in [0.2, 0.25) is 0 Å². The Balaban J connectivity index is 2.40. The van der Waals surface area contributed by atoms with Gasteiger partial charge in [0.2, 0.25) is 0 Å². The highest BCUT2D eigenvalue weighted by atomic mass is 19.1. The summed E-state index contributed by atoms with van der Waals surface area (Å²) >= 11 is 0. The molecule has 1 atom stereocenters. The molecule has 2 rings (SSSR count). The minimum atomic E-state index is -0.311. The van der Waals surface area contributed by atoms with Gasteiger partial charge in [-0.1, -0.05) is 0 Å². The fraction of sp³-hybridized carbons (Fsp3) is 0.400. The van der Waals surface area contributed by atoms with Gasteiger partial charge in [0.25, 0.3) is 0 Å². The van der Waals surface area contributed by atoms with Crippen LogP contribution in [0.25, 0.3) is 0 Å². The van der Waals surface area contributed by atoms with Crippen molar-refractivity contribution in [1.29, 1.82) is 0 Å². The van der Waals surface area contributed by atoms with Gasteiger partial charge < -0.3 is 15.2 Å². The molecule has 0 aliphatic carbocycles. The lowest BCUT2D eigenvalue weighted by atomic mass is 10.1. The Bertz CT molecular complexity index is 330. The van der Waals surface area contributed by atoms with Gasteiger partial charge in [-0.3, -0.25) is 0 Å². The summed E-state index contributed by atoms with van der Waals surface area (Å²) in [5, 5.41) is 12.2. The molecule has 0 amide bonds. The maximum absolute atomic E-state index is 13.0. The van der Waals surface area contributed by atoms with E-state index in [-0.39, 0.29) is 18.5 Å². The Morgan fingerprint density at radius 3 is 3.21 bits per heavy atom. The predicted octanol–water partition coefficient (Wildman–Crippen LogP) is 0.841. The number of halogens is 1. The van der Waals surface area contributed by atoms with Crippen LogP contribution in [0, 0.1) is 5.82 Å². The molecular weight excluding hydrogens is 185 g/mol. The van der Waals surface area contributed by atoms with E-state index in [4.69, 9.17) is 9.84 Å². The van der Waals surface area contributed by atoms with Crippen LogP contribution in [0.1, 0.15) is 11.6 Å². The van der Waals surface area contributed by atoms with Crippen molar-refractivity contribution < 1.29 is 14.2 Å². The maximum atomic E-state index is 13.0. The van der Waals surface area contributed by atoms with Gasteiger partial charge in [-0.05, 0) is 18.2 Å². The van der Waals surface area contributed by atoms with E-state index < -0.39 is 0 Å². The van der Waals surface area contributed by atoms with Crippen LogP contribution in [-0.2, 0) is 0 Å². The molecule has 3 nitrogen and oxygen atoms in total. The lowest BCUT2D eigenvalue weighted by molar-refractivity contribution is 0.245. The number of rotatable bonds is 1. The Labute approximate surface area is 81.5 Å². The second kappa shape index (κ2) is 3.94. The summed E-state index contributed by atoms with van der Waals surface area (Å²) in [5.41, 5.74) is 0.685. The Morgan fingerprint density at radius 1 is 1.57 bits per heavy atom. The van der Waals surface area contributed by atoms with Crippen molar-refractivity contribution in [2.45, 2.75) is 6.04 Å². The van der Waals surface area contributed by atoms with Gasteiger partial charge in [0.05, 0.1) is 12.6 Å². The molecule has 1 aliphatic rings. The molecule has 2 N–H and O–H groups in total. The molecule has 1 aliphatic heterocycles. The van der Waals surface area contributed by atoms with E-state index in [1.54, 1.807) is 6.07 Å². The molecule has 1 aromatic rings. The van der Waals surface area contributed by atoms with E-state index >= 15 is 0 Å². The van der Waals surface area contributed by atoms with E-state index in [1.165, 1.54) is 12.1 Å². The highest BCUT2D eigenvalue weighted by Crippen LogP contribution is 2.27. The number of nitrogens with one attached hydrogen (secondary N) is 1. The molecule has 0 bridgehead atoms. The van der Waals surface area contributed by atoms with Gasteiger partial charge in [-0.25, -0.2) is 4.39 Å². The van der Waals surface area contributed by atoms with Gasteiger partial charge >= 0.3 is 0 Å². The van der Waals surface area contributed by atoms with Crippen molar-refractivity contribution >= 4 is 0 Å². The fourth-order valence-electron chi connectivity index (χ4n) is 1.59. The van der Waals surface area contributed by atoms with Crippen LogP contribution in [0.5, 0.6) is 5.75 Å². The number of fused-ring (bicyclic) bond motifs is 1. The molecule has 1 unspecified atom stereocenters. The molecule has 76 valence electrons. The average molecular weight is 197 g/mol. The first-order valence-corrected chi connectivity index (χ1v) is 4.58. The zero-order valence-electron chi connectivity index (χ0n) is 7.66. The number of benzene rings is 1. The molecule has 4 heteroatoms. The zero-order valence-corrected chi connectivity index (χ0v) is 7.66. The molecular formula is C10H12FNO2. The smallest absolute Gasteiger partial charge is 0.124 e. The first kappa shape index (κ1) is 9.43. The number of aliphatic hydroxyl groups is 1. The second-order valence-corrected chi connectivity index (χ2v) is 3.22. The summed E-state index contributed by atoms with van der Waals surface area (Å²) in [6.07, 6.45) is 0. The van der Waals surface area contributed by atoms with Crippen molar-refractivity contribution in [2.75, 3.05) is 19.8 Å². The largest absolute Gasteiger partial charge is 0.492 e. The number of ether oxygens (including phenoxy) is 1. The lowest BCUT2D eigenvalue weighted by Gasteiger charge is -2.14. The van der Waals surface area contributed by atoms with E-state index in [0.717, 1.165) is 0 Å². The zero-order chi connectivity index (χ0) is 9.97. The maximum Gasteiger partial charge on any atom is 0.124 e. The highest BCUT2D eigenvalue weighted by Gasteiger charge is 2.18. The lowest BCUT2D eigenvalue weighted by Crippen LogP contribution is -2.25. The monoisotopic (exact) mass is 197 g/mol. The summed E-state index contributed by atoms with van der Waals surface area (Å²) < 4.78 is 18.4. The van der Waals surface area contributed by atoms with Crippen LogP contribution in [0.15, 0.2) is 18.2 Å². The normalized spacial score (nSPS) is 20.9. The third-order valence-electron chi connectivity index (χ3n) is 2.28. The first-order chi connectivity index (χ1) is 6.81. The van der Waals surface area contributed by atoms with Crippen LogP contribution in [-0.4, -0.2) is 24.9 Å². The molecule has 1 aromatic carbocycles. The summed E-state index contributed by atoms with van der Waals surface area (Å²) in [4.78, 5) is 0. The van der Waals surface area contributed by atoms with Gasteiger partial charge in [0, 0.05) is 12.1 Å². The molecule has 0 saturated heterocycles. The number of aliphatic hydroxyl groups excluding tert-OH is 1. The SMILES string of the molecule is OCC1NCCOc2ccc(F)cc21. The van der Waals surface area contributed by atoms with Crippen molar-refractivity contribution in [2.24, 2.45) is 0 Å². The van der Waals surface area contributed by atoms with Crippen LogP contribution >= 0.6 is 0 Å². The minimum Gasteiger partial charge on any atom is -0.492 e. The Kier molecular flexibility index (Phi) is 2.65. The third kappa shape index (κ3) is 1.71. The molecule has 0 aromatic heterocycles. The molecule has 0 fully saturated rings. The Hall–Kier alpha value is -1.13.